The summed E-state index contributed by atoms with van der Waals surface area (Å²) in [5, 5.41) is 11.1. The standard InChI is InChI=1S/C24H26N4O3/c29-22-17-4-2-8-27-7-1-3-15(21(17)27)13-18(22)23-25-19-6-5-16(14-20(19)26-23)24(30)28-9-11-31-12-10-28/h5-6,13-14,29H,1-4,7-12H2,(H,25,26). The van der Waals surface area contributed by atoms with Crippen LogP contribution in [0.15, 0.2) is 24.3 Å². The Balaban J connectivity index is 1.39. The third-order valence-electron chi connectivity index (χ3n) is 6.78. The quantitative estimate of drug-likeness (QED) is 0.668. The van der Waals surface area contributed by atoms with Gasteiger partial charge in [-0.1, -0.05) is 0 Å². The maximum atomic E-state index is 12.8. The highest BCUT2D eigenvalue weighted by atomic mass is 16.5. The zero-order valence-corrected chi connectivity index (χ0v) is 17.5. The highest BCUT2D eigenvalue weighted by Gasteiger charge is 2.29. The average molecular weight is 418 g/mol. The summed E-state index contributed by atoms with van der Waals surface area (Å²) >= 11 is 0. The first-order chi connectivity index (χ1) is 15.2. The summed E-state index contributed by atoms with van der Waals surface area (Å²) in [5.74, 6) is 1.02. The van der Waals surface area contributed by atoms with Crippen molar-refractivity contribution in [2.24, 2.45) is 0 Å². The van der Waals surface area contributed by atoms with Crippen LogP contribution in [0.1, 0.15) is 34.3 Å². The number of carbonyl (C=O) groups is 1. The minimum absolute atomic E-state index is 0.0162. The van der Waals surface area contributed by atoms with Gasteiger partial charge in [-0.05, 0) is 55.5 Å². The van der Waals surface area contributed by atoms with Crippen molar-refractivity contribution >= 4 is 22.6 Å². The van der Waals surface area contributed by atoms with E-state index in [0.717, 1.165) is 60.9 Å². The molecule has 3 aliphatic rings. The van der Waals surface area contributed by atoms with Gasteiger partial charge in [0.05, 0.1) is 29.8 Å². The number of aromatic nitrogens is 2. The number of imidazole rings is 1. The Labute approximate surface area is 180 Å². The average Bonchev–Trinajstić information content (AvgIpc) is 3.24. The van der Waals surface area contributed by atoms with Crippen LogP contribution in [-0.2, 0) is 17.6 Å². The van der Waals surface area contributed by atoms with Crippen molar-refractivity contribution in [1.82, 2.24) is 14.9 Å². The van der Waals surface area contributed by atoms with E-state index in [4.69, 9.17) is 9.72 Å². The highest BCUT2D eigenvalue weighted by molar-refractivity contribution is 5.98. The van der Waals surface area contributed by atoms with Crippen LogP contribution in [0.25, 0.3) is 22.4 Å². The van der Waals surface area contributed by atoms with Crippen LogP contribution in [0.2, 0.25) is 0 Å². The van der Waals surface area contributed by atoms with E-state index in [2.05, 4.69) is 16.0 Å². The van der Waals surface area contributed by atoms with Gasteiger partial charge < -0.3 is 24.6 Å². The van der Waals surface area contributed by atoms with Gasteiger partial charge in [-0.2, -0.15) is 0 Å². The number of rotatable bonds is 2. The molecule has 0 unspecified atom stereocenters. The summed E-state index contributed by atoms with van der Waals surface area (Å²) in [7, 11) is 0. The number of carbonyl (C=O) groups excluding carboxylic acids is 1. The first-order valence-corrected chi connectivity index (χ1v) is 11.2. The van der Waals surface area contributed by atoms with E-state index in [9.17, 15) is 9.90 Å². The van der Waals surface area contributed by atoms with Crippen molar-refractivity contribution in [2.45, 2.75) is 25.7 Å². The fourth-order valence-corrected chi connectivity index (χ4v) is 5.24. The van der Waals surface area contributed by atoms with Crippen molar-refractivity contribution in [3.8, 4) is 17.1 Å². The number of aromatic hydroxyl groups is 1. The number of phenols is 1. The number of aryl methyl sites for hydroxylation is 1. The number of hydrogen-bond acceptors (Lipinski definition) is 5. The molecular formula is C24H26N4O3. The van der Waals surface area contributed by atoms with Crippen molar-refractivity contribution in [2.75, 3.05) is 44.3 Å². The van der Waals surface area contributed by atoms with Gasteiger partial charge in [0.1, 0.15) is 11.6 Å². The van der Waals surface area contributed by atoms with Crippen LogP contribution in [0.4, 0.5) is 5.69 Å². The Kier molecular flexibility index (Phi) is 4.38. The van der Waals surface area contributed by atoms with Crippen LogP contribution in [0.3, 0.4) is 0 Å². The largest absolute Gasteiger partial charge is 0.507 e. The summed E-state index contributed by atoms with van der Waals surface area (Å²) in [4.78, 5) is 25.2. The summed E-state index contributed by atoms with van der Waals surface area (Å²) < 4.78 is 5.35. The van der Waals surface area contributed by atoms with Crippen LogP contribution >= 0.6 is 0 Å². The molecule has 1 amide bonds. The molecular weight excluding hydrogens is 392 g/mol. The Morgan fingerprint density at radius 3 is 2.71 bits per heavy atom. The fraction of sp³-hybridized carbons (Fsp3) is 0.417. The van der Waals surface area contributed by atoms with E-state index >= 15 is 0 Å². The lowest BCUT2D eigenvalue weighted by atomic mass is 9.89. The maximum Gasteiger partial charge on any atom is 0.254 e. The molecule has 0 aliphatic carbocycles. The minimum atomic E-state index is 0.0162. The van der Waals surface area contributed by atoms with Crippen molar-refractivity contribution in [3.05, 3.63) is 41.0 Å². The van der Waals surface area contributed by atoms with E-state index in [1.54, 1.807) is 0 Å². The molecule has 3 aromatic rings. The molecule has 2 aromatic carbocycles. The maximum absolute atomic E-state index is 12.8. The summed E-state index contributed by atoms with van der Waals surface area (Å²) in [6.07, 6.45) is 4.14. The van der Waals surface area contributed by atoms with Gasteiger partial charge in [-0.25, -0.2) is 4.98 Å². The van der Waals surface area contributed by atoms with Gasteiger partial charge in [-0.15, -0.1) is 0 Å². The first-order valence-electron chi connectivity index (χ1n) is 11.2. The number of anilines is 1. The molecule has 1 fully saturated rings. The van der Waals surface area contributed by atoms with Gasteiger partial charge in [0.15, 0.2) is 0 Å². The zero-order valence-electron chi connectivity index (χ0n) is 17.5. The number of benzene rings is 2. The Hall–Kier alpha value is -3.06. The van der Waals surface area contributed by atoms with Gasteiger partial charge in [0, 0.05) is 43.0 Å². The number of morpholine rings is 1. The molecule has 1 aromatic heterocycles. The zero-order chi connectivity index (χ0) is 20.9. The second-order valence-electron chi connectivity index (χ2n) is 8.68. The topological polar surface area (TPSA) is 81.7 Å². The molecule has 7 nitrogen and oxygen atoms in total. The van der Waals surface area contributed by atoms with Crippen molar-refractivity contribution in [3.63, 3.8) is 0 Å². The second-order valence-corrected chi connectivity index (χ2v) is 8.68. The third kappa shape index (κ3) is 3.07. The predicted octanol–water partition coefficient (Wildman–Crippen LogP) is 3.11. The lowest BCUT2D eigenvalue weighted by Crippen LogP contribution is -2.40. The lowest BCUT2D eigenvalue weighted by molar-refractivity contribution is 0.0303. The van der Waals surface area contributed by atoms with Gasteiger partial charge in [0.25, 0.3) is 5.91 Å². The Bertz CT molecular complexity index is 1180. The molecule has 3 aliphatic heterocycles. The number of aromatic amines is 1. The van der Waals surface area contributed by atoms with Gasteiger partial charge in [-0.3, -0.25) is 4.79 Å². The molecule has 0 bridgehead atoms. The fourth-order valence-electron chi connectivity index (χ4n) is 5.24. The molecule has 2 N–H and O–H groups in total. The molecule has 4 heterocycles. The molecule has 0 atom stereocenters. The molecule has 160 valence electrons. The minimum Gasteiger partial charge on any atom is -0.507 e. The molecule has 0 radical (unpaired) electrons. The predicted molar refractivity (Wildman–Crippen MR) is 119 cm³/mol. The van der Waals surface area contributed by atoms with E-state index in [1.165, 1.54) is 11.3 Å². The lowest BCUT2D eigenvalue weighted by Gasteiger charge is -2.37. The summed E-state index contributed by atoms with van der Waals surface area (Å²) in [6.45, 7) is 4.55. The number of amides is 1. The molecule has 6 rings (SSSR count). The number of phenolic OH excluding ortho intramolecular Hbond substituents is 1. The monoisotopic (exact) mass is 418 g/mol. The number of nitrogens with zero attached hydrogens (tertiary/aromatic N) is 3. The van der Waals surface area contributed by atoms with Crippen LogP contribution < -0.4 is 4.90 Å². The third-order valence-corrected chi connectivity index (χ3v) is 6.78. The number of nitrogens with one attached hydrogen (secondary N) is 1. The summed E-state index contributed by atoms with van der Waals surface area (Å²) in [5.41, 5.74) is 6.61. The summed E-state index contributed by atoms with van der Waals surface area (Å²) in [6, 6.07) is 7.68. The number of fused-ring (bicyclic) bond motifs is 1. The van der Waals surface area contributed by atoms with Gasteiger partial charge in [0.2, 0.25) is 0 Å². The SMILES string of the molecule is O=C(c1ccc2nc(-c3cc4c5c(c3O)CCCN5CCC4)[nH]c2c1)N1CCOCC1. The molecule has 0 spiro atoms. The normalized spacial score (nSPS) is 18.3. The number of H-pyrrole nitrogens is 1. The van der Waals surface area contributed by atoms with E-state index < -0.39 is 0 Å². The van der Waals surface area contributed by atoms with E-state index in [-0.39, 0.29) is 5.91 Å². The molecule has 1 saturated heterocycles. The molecule has 31 heavy (non-hydrogen) atoms. The number of ether oxygens (including phenoxy) is 1. The van der Waals surface area contributed by atoms with E-state index in [1.807, 2.05) is 23.1 Å². The Morgan fingerprint density at radius 2 is 1.87 bits per heavy atom. The molecule has 7 heteroatoms. The van der Waals surface area contributed by atoms with Crippen molar-refractivity contribution in [1.29, 1.82) is 0 Å². The van der Waals surface area contributed by atoms with Crippen molar-refractivity contribution < 1.29 is 14.6 Å². The second kappa shape index (κ2) is 7.27. The number of hydrogen-bond donors (Lipinski definition) is 2. The first kappa shape index (κ1) is 18.7. The van der Waals surface area contributed by atoms with Gasteiger partial charge >= 0.3 is 0 Å². The van der Waals surface area contributed by atoms with Crippen LogP contribution in [-0.4, -0.2) is 65.3 Å². The van der Waals surface area contributed by atoms with Crippen LogP contribution in [0, 0.1) is 0 Å². The Morgan fingerprint density at radius 1 is 1.06 bits per heavy atom. The highest BCUT2D eigenvalue weighted by Crippen LogP contribution is 2.44. The smallest absolute Gasteiger partial charge is 0.254 e. The van der Waals surface area contributed by atoms with E-state index in [0.29, 0.717) is 43.4 Å². The molecule has 0 saturated carbocycles. The van der Waals surface area contributed by atoms with Crippen LogP contribution in [0.5, 0.6) is 5.75 Å².